The highest BCUT2D eigenvalue weighted by molar-refractivity contribution is 5.93. The lowest BCUT2D eigenvalue weighted by atomic mass is 10.3. The van der Waals surface area contributed by atoms with E-state index in [1.807, 2.05) is 24.6 Å². The summed E-state index contributed by atoms with van der Waals surface area (Å²) < 4.78 is 7.82. The Morgan fingerprint density at radius 3 is 2.92 bits per heavy atom. The molecular formula is C17H17N5O2. The van der Waals surface area contributed by atoms with E-state index in [1.54, 1.807) is 24.5 Å². The topological polar surface area (TPSA) is 81.9 Å². The van der Waals surface area contributed by atoms with Crippen LogP contribution >= 0.6 is 0 Å². The Hall–Kier alpha value is -2.96. The summed E-state index contributed by atoms with van der Waals surface area (Å²) in [5.74, 6) is 2.75. The van der Waals surface area contributed by atoms with Crippen molar-refractivity contribution >= 4 is 22.9 Å². The molecule has 0 aromatic carbocycles. The molecule has 0 atom stereocenters. The van der Waals surface area contributed by atoms with Crippen LogP contribution in [-0.4, -0.2) is 25.4 Å². The average molecular weight is 323 g/mol. The number of imidazole rings is 1. The smallest absolute Gasteiger partial charge is 0.228 e. The van der Waals surface area contributed by atoms with Gasteiger partial charge in [-0.05, 0) is 25.8 Å². The van der Waals surface area contributed by atoms with Crippen molar-refractivity contribution < 1.29 is 9.53 Å². The maximum atomic E-state index is 11.8. The molecule has 1 aliphatic rings. The molecule has 3 heterocycles. The zero-order chi connectivity index (χ0) is 16.7. The summed E-state index contributed by atoms with van der Waals surface area (Å²) >= 11 is 0. The third-order valence-corrected chi connectivity index (χ3v) is 4.10. The summed E-state index contributed by atoms with van der Waals surface area (Å²) in [6.45, 7) is 1.93. The summed E-state index contributed by atoms with van der Waals surface area (Å²) in [5.41, 5.74) is 1.59. The van der Waals surface area contributed by atoms with E-state index >= 15 is 0 Å². The third-order valence-electron chi connectivity index (χ3n) is 4.10. The molecule has 0 saturated heterocycles. The Morgan fingerprint density at radius 1 is 1.29 bits per heavy atom. The predicted molar refractivity (Wildman–Crippen MR) is 88.9 cm³/mol. The Morgan fingerprint density at radius 2 is 2.12 bits per heavy atom. The van der Waals surface area contributed by atoms with E-state index in [4.69, 9.17) is 4.74 Å². The SMILES string of the molecule is Cc1nc2ncc(Oc3ccnc(NC(=O)C4CC4)c3)cc2n1C. The Labute approximate surface area is 138 Å². The number of amides is 1. The molecular weight excluding hydrogens is 306 g/mol. The van der Waals surface area contributed by atoms with Crippen LogP contribution in [0.1, 0.15) is 18.7 Å². The maximum Gasteiger partial charge on any atom is 0.228 e. The Bertz CT molecular complexity index is 930. The van der Waals surface area contributed by atoms with Crippen molar-refractivity contribution in [2.45, 2.75) is 19.8 Å². The number of ether oxygens (including phenoxy) is 1. The molecule has 0 spiro atoms. The molecule has 3 aromatic heterocycles. The number of aryl methyl sites for hydroxylation is 2. The molecule has 0 bridgehead atoms. The van der Waals surface area contributed by atoms with E-state index in [0.717, 1.165) is 24.2 Å². The van der Waals surface area contributed by atoms with Gasteiger partial charge in [-0.25, -0.2) is 15.0 Å². The Balaban J connectivity index is 1.56. The lowest BCUT2D eigenvalue weighted by molar-refractivity contribution is -0.117. The second kappa shape index (κ2) is 5.59. The van der Waals surface area contributed by atoms with Crippen LogP contribution < -0.4 is 10.1 Å². The van der Waals surface area contributed by atoms with Gasteiger partial charge in [0.05, 0.1) is 11.7 Å². The van der Waals surface area contributed by atoms with Gasteiger partial charge >= 0.3 is 0 Å². The van der Waals surface area contributed by atoms with Crippen LogP contribution in [0.2, 0.25) is 0 Å². The molecule has 1 N–H and O–H groups in total. The van der Waals surface area contributed by atoms with Gasteiger partial charge in [0.1, 0.15) is 23.1 Å². The molecule has 4 rings (SSSR count). The lowest BCUT2D eigenvalue weighted by Crippen LogP contribution is -2.14. The maximum absolute atomic E-state index is 11.8. The van der Waals surface area contributed by atoms with E-state index in [9.17, 15) is 4.79 Å². The van der Waals surface area contributed by atoms with Crippen molar-refractivity contribution in [1.29, 1.82) is 0 Å². The summed E-state index contributed by atoms with van der Waals surface area (Å²) in [4.78, 5) is 24.7. The number of anilines is 1. The molecule has 0 radical (unpaired) electrons. The largest absolute Gasteiger partial charge is 0.455 e. The normalized spacial score (nSPS) is 13.9. The molecule has 1 fully saturated rings. The van der Waals surface area contributed by atoms with E-state index in [1.165, 1.54) is 0 Å². The fourth-order valence-electron chi connectivity index (χ4n) is 2.47. The molecule has 1 saturated carbocycles. The quantitative estimate of drug-likeness (QED) is 0.798. The molecule has 7 nitrogen and oxygen atoms in total. The van der Waals surface area contributed by atoms with Gasteiger partial charge in [0, 0.05) is 31.3 Å². The standard InChI is InChI=1S/C17H17N5O2/c1-10-20-16-14(22(10)2)7-13(9-19-16)24-12-5-6-18-15(8-12)21-17(23)11-3-4-11/h5-9,11H,3-4H2,1-2H3,(H,18,21,23). The fourth-order valence-corrected chi connectivity index (χ4v) is 2.47. The van der Waals surface area contributed by atoms with E-state index < -0.39 is 0 Å². The van der Waals surface area contributed by atoms with Gasteiger partial charge in [-0.15, -0.1) is 0 Å². The predicted octanol–water partition coefficient (Wildman–Crippen LogP) is 2.81. The van der Waals surface area contributed by atoms with Crippen LogP contribution in [0.15, 0.2) is 30.6 Å². The Kier molecular flexibility index (Phi) is 3.41. The summed E-state index contributed by atoms with van der Waals surface area (Å²) in [7, 11) is 1.94. The van der Waals surface area contributed by atoms with Crippen LogP contribution in [0.25, 0.3) is 11.2 Å². The monoisotopic (exact) mass is 323 g/mol. The summed E-state index contributed by atoms with van der Waals surface area (Å²) in [5, 5.41) is 2.81. The molecule has 0 aliphatic heterocycles. The minimum Gasteiger partial charge on any atom is -0.455 e. The molecule has 0 unspecified atom stereocenters. The van der Waals surface area contributed by atoms with Crippen molar-refractivity contribution in [2.24, 2.45) is 13.0 Å². The molecule has 122 valence electrons. The number of hydrogen-bond acceptors (Lipinski definition) is 5. The minimum absolute atomic E-state index is 0.0214. The van der Waals surface area contributed by atoms with Gasteiger partial charge in [-0.2, -0.15) is 0 Å². The molecule has 24 heavy (non-hydrogen) atoms. The first kappa shape index (κ1) is 14.6. The highest BCUT2D eigenvalue weighted by Crippen LogP contribution is 2.30. The fraction of sp³-hybridized carbons (Fsp3) is 0.294. The molecule has 7 heteroatoms. The number of nitrogens with one attached hydrogen (secondary N) is 1. The first-order valence-electron chi connectivity index (χ1n) is 7.84. The van der Waals surface area contributed by atoms with Gasteiger partial charge in [0.15, 0.2) is 5.65 Å². The molecule has 1 amide bonds. The van der Waals surface area contributed by atoms with Gasteiger partial charge in [-0.1, -0.05) is 0 Å². The number of aromatic nitrogens is 4. The first-order chi connectivity index (χ1) is 11.6. The number of carbonyl (C=O) groups excluding carboxylic acids is 1. The summed E-state index contributed by atoms with van der Waals surface area (Å²) in [6.07, 6.45) is 5.16. The highest BCUT2D eigenvalue weighted by atomic mass is 16.5. The van der Waals surface area contributed by atoms with Crippen LogP contribution in [0.4, 0.5) is 5.82 Å². The number of pyridine rings is 2. The van der Waals surface area contributed by atoms with Crippen LogP contribution in [-0.2, 0) is 11.8 Å². The number of carbonyl (C=O) groups is 1. The number of fused-ring (bicyclic) bond motifs is 1. The van der Waals surface area contributed by atoms with Crippen LogP contribution in [0.3, 0.4) is 0 Å². The number of rotatable bonds is 4. The third kappa shape index (κ3) is 2.80. The van der Waals surface area contributed by atoms with Gasteiger partial charge in [0.25, 0.3) is 0 Å². The highest BCUT2D eigenvalue weighted by Gasteiger charge is 2.29. The van der Waals surface area contributed by atoms with Crippen molar-refractivity contribution in [3.8, 4) is 11.5 Å². The van der Waals surface area contributed by atoms with E-state index in [0.29, 0.717) is 23.0 Å². The second-order valence-electron chi connectivity index (χ2n) is 5.97. The van der Waals surface area contributed by atoms with Crippen molar-refractivity contribution in [3.63, 3.8) is 0 Å². The second-order valence-corrected chi connectivity index (χ2v) is 5.97. The van der Waals surface area contributed by atoms with Crippen molar-refractivity contribution in [1.82, 2.24) is 19.5 Å². The van der Waals surface area contributed by atoms with Crippen molar-refractivity contribution in [3.05, 3.63) is 36.4 Å². The van der Waals surface area contributed by atoms with Crippen molar-refractivity contribution in [2.75, 3.05) is 5.32 Å². The van der Waals surface area contributed by atoms with E-state index in [2.05, 4.69) is 20.3 Å². The van der Waals surface area contributed by atoms with Gasteiger partial charge in [0.2, 0.25) is 5.91 Å². The zero-order valence-corrected chi connectivity index (χ0v) is 13.5. The van der Waals surface area contributed by atoms with Gasteiger partial charge < -0.3 is 14.6 Å². The zero-order valence-electron chi connectivity index (χ0n) is 13.5. The van der Waals surface area contributed by atoms with E-state index in [-0.39, 0.29) is 11.8 Å². The van der Waals surface area contributed by atoms with Crippen LogP contribution in [0, 0.1) is 12.8 Å². The van der Waals surface area contributed by atoms with Crippen LogP contribution in [0.5, 0.6) is 11.5 Å². The first-order valence-corrected chi connectivity index (χ1v) is 7.84. The number of hydrogen-bond donors (Lipinski definition) is 1. The number of nitrogens with zero attached hydrogens (tertiary/aromatic N) is 4. The lowest BCUT2D eigenvalue weighted by Gasteiger charge is -2.08. The molecule has 3 aromatic rings. The minimum atomic E-state index is 0.0214. The summed E-state index contributed by atoms with van der Waals surface area (Å²) in [6, 6.07) is 5.34. The van der Waals surface area contributed by atoms with Gasteiger partial charge in [-0.3, -0.25) is 4.79 Å². The average Bonchev–Trinajstić information content (AvgIpc) is 3.37. The molecule has 1 aliphatic carbocycles.